The number of pyridine rings is 1. The maximum Gasteiger partial charge on any atom is 0.219 e. The Balaban J connectivity index is 1.54. The summed E-state index contributed by atoms with van der Waals surface area (Å²) in [5, 5.41) is 1.70. The van der Waals surface area contributed by atoms with Gasteiger partial charge < -0.3 is 4.74 Å². The number of rotatable bonds is 5. The lowest BCUT2D eigenvalue weighted by Gasteiger charge is -2.08. The van der Waals surface area contributed by atoms with E-state index in [4.69, 9.17) is 16.5 Å². The highest BCUT2D eigenvalue weighted by Gasteiger charge is 2.13. The van der Waals surface area contributed by atoms with E-state index in [9.17, 15) is 4.39 Å². The highest BCUT2D eigenvalue weighted by atomic mass is 35.5. The number of hydrogen-bond acceptors (Lipinski definition) is 5. The molecule has 29 heavy (non-hydrogen) atoms. The number of benzene rings is 2. The Morgan fingerprint density at radius 2 is 2.07 bits per heavy atom. The van der Waals surface area contributed by atoms with Gasteiger partial charge in [-0.15, -0.1) is 0 Å². The predicted molar refractivity (Wildman–Crippen MR) is 113 cm³/mol. The normalized spacial score (nSPS) is 11.4. The molecule has 0 fully saturated rings. The average Bonchev–Trinajstić information content (AvgIpc) is 3.32. The van der Waals surface area contributed by atoms with E-state index in [0.29, 0.717) is 18.2 Å². The van der Waals surface area contributed by atoms with Crippen LogP contribution in [0, 0.1) is 5.82 Å². The van der Waals surface area contributed by atoms with Crippen molar-refractivity contribution in [2.24, 2.45) is 0 Å². The number of ether oxygens (including phenoxy) is 1. The van der Waals surface area contributed by atoms with Crippen molar-refractivity contribution in [2.45, 2.75) is 6.54 Å². The van der Waals surface area contributed by atoms with E-state index in [2.05, 4.69) is 14.8 Å². The second-order valence-electron chi connectivity index (χ2n) is 6.40. The van der Waals surface area contributed by atoms with Gasteiger partial charge in [0.15, 0.2) is 5.13 Å². The van der Waals surface area contributed by atoms with Crippen LogP contribution in [-0.4, -0.2) is 14.5 Å². The first-order chi connectivity index (χ1) is 14.2. The summed E-state index contributed by atoms with van der Waals surface area (Å²) in [5.74, 6) is 0.918. The van der Waals surface area contributed by atoms with Crippen molar-refractivity contribution < 1.29 is 9.13 Å². The predicted octanol–water partition coefficient (Wildman–Crippen LogP) is 5.81. The van der Waals surface area contributed by atoms with Crippen LogP contribution in [0.5, 0.6) is 11.6 Å². The molecule has 2 aromatic carbocycles. The molecule has 3 heterocycles. The zero-order valence-corrected chi connectivity index (χ0v) is 16.5. The standard InChI is InChI=1S/C21H14ClFN4OS/c22-25-12-13-6-8-24-20(10-13)28-18-3-1-2-17-15(18)7-9-27(17)21-26-16-5-4-14(23)11-19(16)29-21/h1-11,25H,12H2. The molecule has 0 amide bonds. The molecule has 0 saturated heterocycles. The third-order valence-corrected chi connectivity index (χ3v) is 5.67. The zero-order chi connectivity index (χ0) is 19.8. The molecule has 8 heteroatoms. The van der Waals surface area contributed by atoms with Crippen molar-refractivity contribution in [2.75, 3.05) is 0 Å². The second kappa shape index (κ2) is 7.44. The van der Waals surface area contributed by atoms with Crippen LogP contribution in [0.25, 0.3) is 26.3 Å². The monoisotopic (exact) mass is 424 g/mol. The van der Waals surface area contributed by atoms with Gasteiger partial charge in [-0.25, -0.2) is 19.2 Å². The first-order valence-electron chi connectivity index (χ1n) is 8.84. The third-order valence-electron chi connectivity index (χ3n) is 4.52. The van der Waals surface area contributed by atoms with Crippen LogP contribution >= 0.6 is 23.1 Å². The van der Waals surface area contributed by atoms with E-state index in [0.717, 1.165) is 31.8 Å². The molecule has 1 N–H and O–H groups in total. The second-order valence-corrected chi connectivity index (χ2v) is 7.67. The van der Waals surface area contributed by atoms with Crippen LogP contribution in [0.3, 0.4) is 0 Å². The first-order valence-corrected chi connectivity index (χ1v) is 10.0. The SMILES string of the molecule is Fc1ccc2nc(-n3ccc4c(Oc5cc(CNCl)ccn5)cccc43)sc2c1. The van der Waals surface area contributed by atoms with E-state index in [1.165, 1.54) is 23.5 Å². The Bertz CT molecular complexity index is 1330. The van der Waals surface area contributed by atoms with Gasteiger partial charge in [0.25, 0.3) is 0 Å². The van der Waals surface area contributed by atoms with Gasteiger partial charge in [0.05, 0.1) is 15.7 Å². The topological polar surface area (TPSA) is 52.0 Å². The van der Waals surface area contributed by atoms with Crippen LogP contribution in [-0.2, 0) is 6.54 Å². The first kappa shape index (κ1) is 18.1. The Kier molecular flexibility index (Phi) is 4.63. The molecular formula is C21H14ClFN4OS. The van der Waals surface area contributed by atoms with Crippen LogP contribution < -0.4 is 9.57 Å². The summed E-state index contributed by atoms with van der Waals surface area (Å²) in [5.41, 5.74) is 2.69. The van der Waals surface area contributed by atoms with Crippen LogP contribution in [0.4, 0.5) is 4.39 Å². The molecule has 0 aliphatic carbocycles. The van der Waals surface area contributed by atoms with Gasteiger partial charge >= 0.3 is 0 Å². The highest BCUT2D eigenvalue weighted by molar-refractivity contribution is 7.20. The minimum Gasteiger partial charge on any atom is -0.438 e. The lowest BCUT2D eigenvalue weighted by atomic mass is 10.2. The molecule has 0 spiro atoms. The molecule has 0 aliphatic rings. The van der Waals surface area contributed by atoms with E-state index >= 15 is 0 Å². The Morgan fingerprint density at radius 3 is 2.97 bits per heavy atom. The van der Waals surface area contributed by atoms with Crippen molar-refractivity contribution >= 4 is 44.2 Å². The summed E-state index contributed by atoms with van der Waals surface area (Å²) in [4.78, 5) is 11.5. The summed E-state index contributed by atoms with van der Waals surface area (Å²) in [6.07, 6.45) is 3.62. The zero-order valence-electron chi connectivity index (χ0n) is 15.0. The highest BCUT2D eigenvalue weighted by Crippen LogP contribution is 2.34. The van der Waals surface area contributed by atoms with Gasteiger partial charge in [-0.2, -0.15) is 0 Å². The molecule has 3 aromatic heterocycles. The van der Waals surface area contributed by atoms with Crippen LogP contribution in [0.15, 0.2) is 67.0 Å². The van der Waals surface area contributed by atoms with E-state index in [1.807, 2.05) is 47.2 Å². The minimum absolute atomic E-state index is 0.264. The van der Waals surface area contributed by atoms with Crippen molar-refractivity contribution in [3.05, 3.63) is 78.4 Å². The fourth-order valence-electron chi connectivity index (χ4n) is 3.19. The molecule has 5 nitrogen and oxygen atoms in total. The molecular weight excluding hydrogens is 411 g/mol. The van der Waals surface area contributed by atoms with Crippen molar-refractivity contribution in [1.82, 2.24) is 19.4 Å². The lowest BCUT2D eigenvalue weighted by molar-refractivity contribution is 0.467. The number of aromatic nitrogens is 3. The quantitative estimate of drug-likeness (QED) is 0.362. The maximum absolute atomic E-state index is 13.5. The number of nitrogens with zero attached hydrogens (tertiary/aromatic N) is 3. The number of halogens is 2. The van der Waals surface area contributed by atoms with Gasteiger partial charge in [0.2, 0.25) is 5.88 Å². The van der Waals surface area contributed by atoms with E-state index in [-0.39, 0.29) is 5.82 Å². The molecule has 144 valence electrons. The minimum atomic E-state index is -0.264. The number of nitrogens with one attached hydrogen (secondary N) is 1. The maximum atomic E-state index is 13.5. The van der Waals surface area contributed by atoms with Gasteiger partial charge in [0, 0.05) is 30.4 Å². The molecule has 0 atom stereocenters. The molecule has 0 unspecified atom stereocenters. The Labute approximate surface area is 174 Å². The average molecular weight is 425 g/mol. The smallest absolute Gasteiger partial charge is 0.219 e. The summed E-state index contributed by atoms with van der Waals surface area (Å²) >= 11 is 7.03. The fraction of sp³-hybridized carbons (Fsp3) is 0.0476. The largest absolute Gasteiger partial charge is 0.438 e. The van der Waals surface area contributed by atoms with E-state index in [1.54, 1.807) is 12.3 Å². The van der Waals surface area contributed by atoms with Crippen LogP contribution in [0.2, 0.25) is 0 Å². The summed E-state index contributed by atoms with van der Waals surface area (Å²) in [7, 11) is 0. The molecule has 0 bridgehead atoms. The number of fused-ring (bicyclic) bond motifs is 2. The van der Waals surface area contributed by atoms with Gasteiger partial charge in [-0.05, 0) is 59.8 Å². The summed E-state index contributed by atoms with van der Waals surface area (Å²) in [6.45, 7) is 0.513. The van der Waals surface area contributed by atoms with Crippen molar-refractivity contribution in [1.29, 1.82) is 0 Å². The van der Waals surface area contributed by atoms with Crippen molar-refractivity contribution in [3.8, 4) is 16.8 Å². The third kappa shape index (κ3) is 3.44. The fourth-order valence-corrected chi connectivity index (χ4v) is 4.33. The lowest BCUT2D eigenvalue weighted by Crippen LogP contribution is -1.99. The van der Waals surface area contributed by atoms with E-state index < -0.39 is 0 Å². The molecule has 0 aliphatic heterocycles. The van der Waals surface area contributed by atoms with Gasteiger partial charge in [-0.1, -0.05) is 17.4 Å². The molecule has 5 aromatic rings. The number of hydrogen-bond donors (Lipinski definition) is 1. The molecule has 0 radical (unpaired) electrons. The summed E-state index contributed by atoms with van der Waals surface area (Å²) < 4.78 is 22.3. The van der Waals surface area contributed by atoms with Gasteiger partial charge in [0.1, 0.15) is 11.6 Å². The van der Waals surface area contributed by atoms with Crippen LogP contribution in [0.1, 0.15) is 5.56 Å². The molecule has 0 saturated carbocycles. The Morgan fingerprint density at radius 1 is 1.14 bits per heavy atom. The molecule has 5 rings (SSSR count). The Hall–Kier alpha value is -3.00. The van der Waals surface area contributed by atoms with Crippen molar-refractivity contribution in [3.63, 3.8) is 0 Å². The number of thiazole rings is 1. The summed E-state index contributed by atoms with van der Waals surface area (Å²) in [6, 6.07) is 16.1. The van der Waals surface area contributed by atoms with Gasteiger partial charge in [-0.3, -0.25) is 4.57 Å².